The number of carbonyl (C=O) groups excluding carboxylic acids is 1. The van der Waals surface area contributed by atoms with Crippen LogP contribution in [0.4, 0.5) is 5.69 Å². The SMILES string of the molecule is CCCCc1c(C(=O)Nc2c(CC)cccc2CC)c(=O)cc(C)n1C. The van der Waals surface area contributed by atoms with Crippen molar-refractivity contribution in [2.75, 3.05) is 5.32 Å². The molecule has 0 atom stereocenters. The van der Waals surface area contributed by atoms with Crippen molar-refractivity contribution >= 4 is 11.6 Å². The monoisotopic (exact) mass is 354 g/mol. The molecule has 0 bridgehead atoms. The van der Waals surface area contributed by atoms with Crippen LogP contribution in [0.1, 0.15) is 66.5 Å². The maximum absolute atomic E-state index is 13.1. The van der Waals surface area contributed by atoms with Crippen LogP contribution in [0.5, 0.6) is 0 Å². The Hall–Kier alpha value is -2.36. The van der Waals surface area contributed by atoms with Crippen molar-refractivity contribution in [3.63, 3.8) is 0 Å². The van der Waals surface area contributed by atoms with E-state index in [2.05, 4.69) is 26.1 Å². The summed E-state index contributed by atoms with van der Waals surface area (Å²) in [5, 5.41) is 3.05. The largest absolute Gasteiger partial charge is 0.351 e. The first kappa shape index (κ1) is 20.0. The number of para-hydroxylation sites is 1. The highest BCUT2D eigenvalue weighted by Crippen LogP contribution is 2.23. The van der Waals surface area contributed by atoms with E-state index in [-0.39, 0.29) is 16.9 Å². The lowest BCUT2D eigenvalue weighted by molar-refractivity contribution is 0.102. The van der Waals surface area contributed by atoms with E-state index < -0.39 is 0 Å². The second kappa shape index (κ2) is 8.84. The first-order valence-corrected chi connectivity index (χ1v) is 9.56. The summed E-state index contributed by atoms with van der Waals surface area (Å²) >= 11 is 0. The van der Waals surface area contributed by atoms with Crippen LogP contribution in [0.3, 0.4) is 0 Å². The maximum Gasteiger partial charge on any atom is 0.261 e. The highest BCUT2D eigenvalue weighted by atomic mass is 16.2. The number of aromatic nitrogens is 1. The Morgan fingerprint density at radius 1 is 1.12 bits per heavy atom. The summed E-state index contributed by atoms with van der Waals surface area (Å²) in [5.41, 5.74) is 4.82. The van der Waals surface area contributed by atoms with Crippen LogP contribution in [0.15, 0.2) is 29.1 Å². The van der Waals surface area contributed by atoms with Gasteiger partial charge < -0.3 is 9.88 Å². The zero-order valence-corrected chi connectivity index (χ0v) is 16.6. The molecule has 1 aromatic heterocycles. The van der Waals surface area contributed by atoms with Gasteiger partial charge in [-0.1, -0.05) is 45.4 Å². The van der Waals surface area contributed by atoms with Gasteiger partial charge in [-0.05, 0) is 43.7 Å². The first-order chi connectivity index (χ1) is 12.4. The number of aryl methyl sites for hydroxylation is 3. The van der Waals surface area contributed by atoms with Crippen molar-refractivity contribution in [3.8, 4) is 0 Å². The smallest absolute Gasteiger partial charge is 0.261 e. The molecule has 4 heteroatoms. The van der Waals surface area contributed by atoms with Crippen LogP contribution >= 0.6 is 0 Å². The van der Waals surface area contributed by atoms with Crippen LogP contribution in [-0.4, -0.2) is 10.5 Å². The molecule has 1 heterocycles. The highest BCUT2D eigenvalue weighted by Gasteiger charge is 2.20. The second-order valence-corrected chi connectivity index (χ2v) is 6.75. The van der Waals surface area contributed by atoms with Crippen molar-refractivity contribution in [2.45, 2.75) is 59.8 Å². The molecule has 26 heavy (non-hydrogen) atoms. The number of amides is 1. The molecule has 2 aromatic rings. The Bertz CT molecular complexity index is 828. The van der Waals surface area contributed by atoms with Crippen LogP contribution in [0.2, 0.25) is 0 Å². The number of rotatable bonds is 7. The van der Waals surface area contributed by atoms with Gasteiger partial charge >= 0.3 is 0 Å². The predicted octanol–water partition coefficient (Wildman–Crippen LogP) is 4.41. The molecule has 0 saturated heterocycles. The molecule has 0 aliphatic carbocycles. The Morgan fingerprint density at radius 2 is 1.73 bits per heavy atom. The van der Waals surface area contributed by atoms with Gasteiger partial charge in [0.25, 0.3) is 5.91 Å². The molecule has 1 N–H and O–H groups in total. The summed E-state index contributed by atoms with van der Waals surface area (Å²) in [6.45, 7) is 8.16. The van der Waals surface area contributed by atoms with Crippen LogP contribution in [0.25, 0.3) is 0 Å². The van der Waals surface area contributed by atoms with E-state index in [0.717, 1.165) is 60.3 Å². The molecule has 0 spiro atoms. The third kappa shape index (κ3) is 4.06. The molecular formula is C22H30N2O2. The van der Waals surface area contributed by atoms with Crippen molar-refractivity contribution in [3.05, 3.63) is 62.6 Å². The lowest BCUT2D eigenvalue weighted by atomic mass is 10.0. The third-order valence-corrected chi connectivity index (χ3v) is 5.04. The van der Waals surface area contributed by atoms with E-state index in [1.165, 1.54) is 0 Å². The first-order valence-electron chi connectivity index (χ1n) is 9.56. The number of unbranched alkanes of at least 4 members (excludes halogenated alkanes) is 1. The number of benzene rings is 1. The molecule has 1 aromatic carbocycles. The molecular weight excluding hydrogens is 324 g/mol. The summed E-state index contributed by atoms with van der Waals surface area (Å²) in [6, 6.07) is 7.63. The van der Waals surface area contributed by atoms with Gasteiger partial charge in [0, 0.05) is 30.2 Å². The minimum absolute atomic E-state index is 0.198. The summed E-state index contributed by atoms with van der Waals surface area (Å²) in [4.78, 5) is 25.7. The van der Waals surface area contributed by atoms with Crippen molar-refractivity contribution in [1.82, 2.24) is 4.57 Å². The summed E-state index contributed by atoms with van der Waals surface area (Å²) < 4.78 is 1.97. The number of carbonyl (C=O) groups is 1. The molecule has 1 amide bonds. The Balaban J connectivity index is 2.52. The average molecular weight is 354 g/mol. The van der Waals surface area contributed by atoms with E-state index in [4.69, 9.17) is 0 Å². The quantitative estimate of drug-likeness (QED) is 0.800. The molecule has 0 saturated carbocycles. The van der Waals surface area contributed by atoms with Gasteiger partial charge in [-0.3, -0.25) is 9.59 Å². The van der Waals surface area contributed by atoms with Gasteiger partial charge in [0.05, 0.1) is 0 Å². The number of anilines is 1. The predicted molar refractivity (Wildman–Crippen MR) is 108 cm³/mol. The van der Waals surface area contributed by atoms with Gasteiger partial charge in [-0.25, -0.2) is 0 Å². The number of nitrogens with one attached hydrogen (secondary N) is 1. The fourth-order valence-electron chi connectivity index (χ4n) is 3.34. The minimum atomic E-state index is -0.299. The zero-order valence-electron chi connectivity index (χ0n) is 16.6. The molecule has 0 aliphatic heterocycles. The molecule has 2 rings (SSSR count). The number of nitrogens with zero attached hydrogens (tertiary/aromatic N) is 1. The number of pyridine rings is 1. The van der Waals surface area contributed by atoms with Gasteiger partial charge in [-0.2, -0.15) is 0 Å². The topological polar surface area (TPSA) is 51.1 Å². The van der Waals surface area contributed by atoms with Gasteiger partial charge in [0.15, 0.2) is 5.43 Å². The third-order valence-electron chi connectivity index (χ3n) is 5.04. The van der Waals surface area contributed by atoms with Crippen molar-refractivity contribution < 1.29 is 4.79 Å². The van der Waals surface area contributed by atoms with Crippen molar-refractivity contribution in [1.29, 1.82) is 0 Å². The van der Waals surface area contributed by atoms with Crippen molar-refractivity contribution in [2.24, 2.45) is 7.05 Å². The van der Waals surface area contributed by atoms with Gasteiger partial charge in [-0.15, -0.1) is 0 Å². The number of hydrogen-bond acceptors (Lipinski definition) is 2. The fourth-order valence-corrected chi connectivity index (χ4v) is 3.34. The summed E-state index contributed by atoms with van der Waals surface area (Å²) in [6.07, 6.45) is 4.35. The van der Waals surface area contributed by atoms with Crippen LogP contribution < -0.4 is 10.7 Å². The van der Waals surface area contributed by atoms with Gasteiger partial charge in [0.2, 0.25) is 0 Å². The zero-order chi connectivity index (χ0) is 19.3. The van der Waals surface area contributed by atoms with E-state index in [1.54, 1.807) is 6.07 Å². The van der Waals surface area contributed by atoms with E-state index in [0.29, 0.717) is 0 Å². The molecule has 4 nitrogen and oxygen atoms in total. The highest BCUT2D eigenvalue weighted by molar-refractivity contribution is 6.05. The summed E-state index contributed by atoms with van der Waals surface area (Å²) in [5.74, 6) is -0.299. The van der Waals surface area contributed by atoms with E-state index >= 15 is 0 Å². The van der Waals surface area contributed by atoms with Gasteiger partial charge in [0.1, 0.15) is 5.56 Å². The maximum atomic E-state index is 13.1. The molecule has 0 unspecified atom stereocenters. The lowest BCUT2D eigenvalue weighted by Crippen LogP contribution is -2.28. The summed E-state index contributed by atoms with van der Waals surface area (Å²) in [7, 11) is 1.92. The number of hydrogen-bond donors (Lipinski definition) is 1. The normalized spacial score (nSPS) is 10.8. The molecule has 0 fully saturated rings. The van der Waals surface area contributed by atoms with E-state index in [1.807, 2.05) is 36.7 Å². The second-order valence-electron chi connectivity index (χ2n) is 6.75. The minimum Gasteiger partial charge on any atom is -0.351 e. The Kier molecular flexibility index (Phi) is 6.78. The Morgan fingerprint density at radius 3 is 2.27 bits per heavy atom. The average Bonchev–Trinajstić information content (AvgIpc) is 2.63. The van der Waals surface area contributed by atoms with E-state index in [9.17, 15) is 9.59 Å². The fraction of sp³-hybridized carbons (Fsp3) is 0.455. The molecule has 0 radical (unpaired) electrons. The lowest BCUT2D eigenvalue weighted by Gasteiger charge is -2.18. The molecule has 140 valence electrons. The van der Waals surface area contributed by atoms with Crippen LogP contribution in [0, 0.1) is 6.92 Å². The van der Waals surface area contributed by atoms with Crippen LogP contribution in [-0.2, 0) is 26.3 Å². The Labute approximate surface area is 156 Å². The molecule has 0 aliphatic rings. The standard InChI is InChI=1S/C22H30N2O2/c1-6-9-13-18-20(19(25)14-15(4)24(18)5)22(26)23-21-16(7-2)11-10-12-17(21)8-3/h10-12,14H,6-9,13H2,1-5H3,(H,23,26).